The van der Waals surface area contributed by atoms with E-state index in [4.69, 9.17) is 4.74 Å². The van der Waals surface area contributed by atoms with Crippen LogP contribution in [0.1, 0.15) is 43.7 Å². The second-order valence-corrected chi connectivity index (χ2v) is 12.2. The van der Waals surface area contributed by atoms with E-state index < -0.39 is 10.0 Å². The maximum atomic E-state index is 13.2. The molecule has 4 rings (SSSR count). The number of urea groups is 1. The number of hydrogen-bond donors (Lipinski definition) is 2. The van der Waals surface area contributed by atoms with Gasteiger partial charge in [-0.3, -0.25) is 14.5 Å². The Morgan fingerprint density at radius 3 is 2.12 bits per heavy atom. The lowest BCUT2D eigenvalue weighted by Gasteiger charge is -2.34. The highest BCUT2D eigenvalue weighted by Gasteiger charge is 2.23. The lowest BCUT2D eigenvalue weighted by Crippen LogP contribution is -2.49. The summed E-state index contributed by atoms with van der Waals surface area (Å²) in [4.78, 5) is 17.5. The summed E-state index contributed by atoms with van der Waals surface area (Å²) in [5.41, 5.74) is 3.83. The maximum absolute atomic E-state index is 13.2. The van der Waals surface area contributed by atoms with Crippen molar-refractivity contribution in [3.8, 4) is 11.5 Å². The Labute approximate surface area is 238 Å². The van der Waals surface area contributed by atoms with Crippen LogP contribution in [-0.2, 0) is 16.6 Å². The van der Waals surface area contributed by atoms with Crippen LogP contribution >= 0.6 is 0 Å². The molecule has 0 aliphatic carbocycles. The van der Waals surface area contributed by atoms with Crippen molar-refractivity contribution in [1.29, 1.82) is 0 Å². The first-order valence-corrected chi connectivity index (χ1v) is 15.8. The standard InChI is InChI=1S/C31H40N4O4S/c1-4-5-20-35(28-12-6-24(2)7-13-28)31(36)32-26-18-21-34(22-19-26)23-25-8-14-29(15-9-25)39-30-16-10-27(11-17-30)33-40(3,37)38/h6-17,26,33H,4-5,18-23H2,1-3H3,(H,32,36). The molecular weight excluding hydrogens is 524 g/mol. The maximum Gasteiger partial charge on any atom is 0.322 e. The molecule has 1 saturated heterocycles. The van der Waals surface area contributed by atoms with Crippen LogP contribution in [0.3, 0.4) is 0 Å². The first-order chi connectivity index (χ1) is 19.2. The number of anilines is 2. The van der Waals surface area contributed by atoms with Crippen molar-refractivity contribution < 1.29 is 17.9 Å². The summed E-state index contributed by atoms with van der Waals surface area (Å²) in [6.07, 6.45) is 4.98. The number of sulfonamides is 1. The Bertz CT molecular complexity index is 1340. The van der Waals surface area contributed by atoms with E-state index in [-0.39, 0.29) is 12.1 Å². The number of carbonyl (C=O) groups excluding carboxylic acids is 1. The smallest absolute Gasteiger partial charge is 0.322 e. The van der Waals surface area contributed by atoms with Crippen LogP contribution in [0, 0.1) is 6.92 Å². The highest BCUT2D eigenvalue weighted by Crippen LogP contribution is 2.25. The number of carbonyl (C=O) groups is 1. The normalized spacial score (nSPS) is 14.5. The van der Waals surface area contributed by atoms with E-state index in [0.29, 0.717) is 11.4 Å². The van der Waals surface area contributed by atoms with E-state index in [9.17, 15) is 13.2 Å². The molecule has 1 heterocycles. The molecule has 3 aromatic rings. The summed E-state index contributed by atoms with van der Waals surface area (Å²) in [5, 5.41) is 3.28. The Kier molecular flexibility index (Phi) is 10.1. The number of nitrogens with zero attached hydrogens (tertiary/aromatic N) is 2. The van der Waals surface area contributed by atoms with Crippen LogP contribution in [0.4, 0.5) is 16.2 Å². The van der Waals surface area contributed by atoms with Crippen LogP contribution in [0.25, 0.3) is 0 Å². The predicted octanol–water partition coefficient (Wildman–Crippen LogP) is 6.14. The van der Waals surface area contributed by atoms with Crippen LogP contribution in [0.2, 0.25) is 0 Å². The molecule has 1 aliphatic rings. The number of aryl methyl sites for hydroxylation is 1. The molecule has 0 aromatic heterocycles. The van der Waals surface area contributed by atoms with E-state index in [0.717, 1.165) is 69.6 Å². The zero-order valence-corrected chi connectivity index (χ0v) is 24.4. The molecule has 0 saturated carbocycles. The fraction of sp³-hybridized carbons (Fsp3) is 0.387. The zero-order valence-electron chi connectivity index (χ0n) is 23.6. The average molecular weight is 565 g/mol. The summed E-state index contributed by atoms with van der Waals surface area (Å²) >= 11 is 0. The van der Waals surface area contributed by atoms with E-state index >= 15 is 0 Å². The van der Waals surface area contributed by atoms with Gasteiger partial charge in [0.05, 0.1) is 6.26 Å². The molecule has 2 amide bonds. The van der Waals surface area contributed by atoms with Crippen LogP contribution in [0.15, 0.2) is 72.8 Å². The molecule has 0 spiro atoms. The fourth-order valence-electron chi connectivity index (χ4n) is 4.74. The monoisotopic (exact) mass is 564 g/mol. The highest BCUT2D eigenvalue weighted by molar-refractivity contribution is 7.92. The lowest BCUT2D eigenvalue weighted by atomic mass is 10.0. The zero-order chi connectivity index (χ0) is 28.5. The first-order valence-electron chi connectivity index (χ1n) is 13.9. The first kappa shape index (κ1) is 29.4. The molecule has 8 nitrogen and oxygen atoms in total. The Morgan fingerprint density at radius 2 is 1.55 bits per heavy atom. The molecule has 0 radical (unpaired) electrons. The number of unbranched alkanes of at least 4 members (excludes halogenated alkanes) is 1. The number of nitrogens with one attached hydrogen (secondary N) is 2. The number of amides is 2. The Hall–Kier alpha value is -3.56. The van der Waals surface area contributed by atoms with Crippen molar-refractivity contribution in [3.63, 3.8) is 0 Å². The Morgan fingerprint density at radius 1 is 0.950 bits per heavy atom. The van der Waals surface area contributed by atoms with Crippen molar-refractivity contribution >= 4 is 27.4 Å². The largest absolute Gasteiger partial charge is 0.457 e. The van der Waals surface area contributed by atoms with E-state index in [1.807, 2.05) is 29.2 Å². The third-order valence-corrected chi connectivity index (χ3v) is 7.57. The molecule has 214 valence electrons. The van der Waals surface area contributed by atoms with Crippen molar-refractivity contribution in [2.24, 2.45) is 0 Å². The van der Waals surface area contributed by atoms with Crippen molar-refractivity contribution in [3.05, 3.63) is 83.9 Å². The van der Waals surface area contributed by atoms with Crippen molar-refractivity contribution in [2.45, 2.75) is 52.1 Å². The third-order valence-electron chi connectivity index (χ3n) is 6.96. The number of ether oxygens (including phenoxy) is 1. The molecule has 0 atom stereocenters. The number of piperidine rings is 1. The molecule has 40 heavy (non-hydrogen) atoms. The van der Waals surface area contributed by atoms with Gasteiger partial charge >= 0.3 is 6.03 Å². The molecular formula is C31H40N4O4S. The predicted molar refractivity (Wildman–Crippen MR) is 162 cm³/mol. The van der Waals surface area contributed by atoms with Crippen molar-refractivity contribution in [2.75, 3.05) is 35.5 Å². The molecule has 3 aromatic carbocycles. The van der Waals surface area contributed by atoms with E-state index in [1.165, 1.54) is 11.1 Å². The second kappa shape index (κ2) is 13.7. The van der Waals surface area contributed by atoms with Gasteiger partial charge in [0.1, 0.15) is 11.5 Å². The van der Waals surface area contributed by atoms with Gasteiger partial charge < -0.3 is 10.1 Å². The summed E-state index contributed by atoms with van der Waals surface area (Å²) in [7, 11) is -3.31. The van der Waals surface area contributed by atoms with E-state index in [1.54, 1.807) is 24.3 Å². The second-order valence-electron chi connectivity index (χ2n) is 10.5. The lowest BCUT2D eigenvalue weighted by molar-refractivity contribution is 0.188. The van der Waals surface area contributed by atoms with Crippen LogP contribution in [-0.4, -0.2) is 51.3 Å². The molecule has 1 aliphatic heterocycles. The molecule has 9 heteroatoms. The minimum atomic E-state index is -3.31. The van der Waals surface area contributed by atoms with Gasteiger partial charge in [0.2, 0.25) is 10.0 Å². The van der Waals surface area contributed by atoms with Gasteiger partial charge in [-0.1, -0.05) is 43.2 Å². The minimum absolute atomic E-state index is 0.00681. The number of benzene rings is 3. The summed E-state index contributed by atoms with van der Waals surface area (Å²) in [6, 6.07) is 23.1. The summed E-state index contributed by atoms with van der Waals surface area (Å²) < 4.78 is 31.1. The van der Waals surface area contributed by atoms with Gasteiger partial charge in [-0.2, -0.15) is 0 Å². The van der Waals surface area contributed by atoms with Gasteiger partial charge in [0.25, 0.3) is 0 Å². The average Bonchev–Trinajstić information content (AvgIpc) is 2.92. The van der Waals surface area contributed by atoms with Gasteiger partial charge in [-0.25, -0.2) is 13.2 Å². The van der Waals surface area contributed by atoms with Gasteiger partial charge in [0.15, 0.2) is 0 Å². The van der Waals surface area contributed by atoms with Gasteiger partial charge in [-0.15, -0.1) is 0 Å². The molecule has 0 unspecified atom stereocenters. The number of likely N-dealkylation sites (tertiary alicyclic amines) is 1. The summed E-state index contributed by atoms with van der Waals surface area (Å²) in [6.45, 7) is 7.62. The number of rotatable bonds is 11. The van der Waals surface area contributed by atoms with E-state index in [2.05, 4.69) is 53.1 Å². The van der Waals surface area contributed by atoms with Crippen LogP contribution in [0.5, 0.6) is 11.5 Å². The molecule has 1 fully saturated rings. The topological polar surface area (TPSA) is 91.0 Å². The van der Waals surface area contributed by atoms with Gasteiger partial charge in [0, 0.05) is 43.6 Å². The highest BCUT2D eigenvalue weighted by atomic mass is 32.2. The molecule has 0 bridgehead atoms. The third kappa shape index (κ3) is 8.99. The van der Waals surface area contributed by atoms with Crippen LogP contribution < -0.4 is 19.7 Å². The fourth-order valence-corrected chi connectivity index (χ4v) is 5.30. The quantitative estimate of drug-likeness (QED) is 0.292. The van der Waals surface area contributed by atoms with Crippen molar-refractivity contribution in [1.82, 2.24) is 10.2 Å². The Balaban J connectivity index is 1.24. The molecule has 2 N–H and O–H groups in total. The van der Waals surface area contributed by atoms with Gasteiger partial charge in [-0.05, 0) is 80.3 Å². The number of hydrogen-bond acceptors (Lipinski definition) is 5. The summed E-state index contributed by atoms with van der Waals surface area (Å²) in [5.74, 6) is 1.35. The minimum Gasteiger partial charge on any atom is -0.457 e. The SMILES string of the molecule is CCCCN(C(=O)NC1CCN(Cc2ccc(Oc3ccc(NS(C)(=O)=O)cc3)cc2)CC1)c1ccc(C)cc1.